The molecule has 0 aromatic heterocycles. The first-order valence-electron chi connectivity index (χ1n) is 5.87. The van der Waals surface area contributed by atoms with Crippen molar-refractivity contribution in [2.24, 2.45) is 0 Å². The Morgan fingerprint density at radius 3 is 2.67 bits per heavy atom. The fourth-order valence-electron chi connectivity index (χ4n) is 2.03. The molecule has 0 atom stereocenters. The number of hydrogen-bond donors (Lipinski definition) is 2. The van der Waals surface area contributed by atoms with E-state index in [1.807, 2.05) is 0 Å². The zero-order chi connectivity index (χ0) is 13.1. The van der Waals surface area contributed by atoms with Crippen molar-refractivity contribution in [2.75, 3.05) is 0 Å². The summed E-state index contributed by atoms with van der Waals surface area (Å²) < 4.78 is 0. The van der Waals surface area contributed by atoms with Gasteiger partial charge in [-0.05, 0) is 31.0 Å². The summed E-state index contributed by atoms with van der Waals surface area (Å²) >= 11 is 5.91. The highest BCUT2D eigenvalue weighted by atomic mass is 35.5. The number of ketones is 1. The molecule has 0 aliphatic heterocycles. The summed E-state index contributed by atoms with van der Waals surface area (Å²) in [5, 5.41) is 12.5. The molecule has 2 rings (SSSR count). The van der Waals surface area contributed by atoms with Crippen LogP contribution in [0.3, 0.4) is 0 Å². The second-order valence-electron chi connectivity index (χ2n) is 4.45. The van der Waals surface area contributed by atoms with Gasteiger partial charge in [-0.25, -0.2) is 0 Å². The summed E-state index contributed by atoms with van der Waals surface area (Å²) in [5.74, 6) is -0.0606. The first-order valence-corrected chi connectivity index (χ1v) is 6.25. The molecule has 1 amide bonds. The smallest absolute Gasteiger partial charge is 0.253 e. The second kappa shape index (κ2) is 5.40. The van der Waals surface area contributed by atoms with Crippen LogP contribution in [0.2, 0.25) is 5.02 Å². The summed E-state index contributed by atoms with van der Waals surface area (Å²) in [5.41, 5.74) is 0.258. The van der Waals surface area contributed by atoms with Crippen LogP contribution in [0.1, 0.15) is 36.0 Å². The normalized spacial score (nSPS) is 16.6. The molecular formula is C13H14ClNO3. The Kier molecular flexibility index (Phi) is 3.87. The number of aromatic hydroxyl groups is 1. The van der Waals surface area contributed by atoms with E-state index in [2.05, 4.69) is 5.32 Å². The third-order valence-corrected chi connectivity index (χ3v) is 3.40. The lowest BCUT2D eigenvalue weighted by atomic mass is 9.94. The van der Waals surface area contributed by atoms with E-state index < -0.39 is 0 Å². The number of benzene rings is 1. The quantitative estimate of drug-likeness (QED) is 0.864. The van der Waals surface area contributed by atoms with Crippen LogP contribution in [0.25, 0.3) is 0 Å². The number of Topliss-reactive ketones (excluding diaryl/α,β-unsaturated/α-hetero) is 1. The SMILES string of the molecule is O=C1CCC(NC(=O)c2cc(O)ccc2Cl)CC1. The molecule has 4 nitrogen and oxygen atoms in total. The Balaban J connectivity index is 2.03. The van der Waals surface area contributed by atoms with Crippen LogP contribution in [0.5, 0.6) is 5.75 Å². The van der Waals surface area contributed by atoms with Crippen LogP contribution in [0, 0.1) is 0 Å². The van der Waals surface area contributed by atoms with Crippen molar-refractivity contribution in [1.82, 2.24) is 5.32 Å². The van der Waals surface area contributed by atoms with Gasteiger partial charge in [0.05, 0.1) is 10.6 Å². The molecule has 0 bridgehead atoms. The molecular weight excluding hydrogens is 254 g/mol. The van der Waals surface area contributed by atoms with Crippen molar-refractivity contribution < 1.29 is 14.7 Å². The van der Waals surface area contributed by atoms with Gasteiger partial charge in [0, 0.05) is 18.9 Å². The molecule has 0 radical (unpaired) electrons. The van der Waals surface area contributed by atoms with Gasteiger partial charge in [0.15, 0.2) is 0 Å². The zero-order valence-corrected chi connectivity index (χ0v) is 10.5. The minimum atomic E-state index is -0.310. The lowest BCUT2D eigenvalue weighted by molar-refractivity contribution is -0.120. The Hall–Kier alpha value is -1.55. The average Bonchev–Trinajstić information content (AvgIpc) is 2.35. The van der Waals surface area contributed by atoms with Crippen LogP contribution in [0.15, 0.2) is 18.2 Å². The number of phenols is 1. The van der Waals surface area contributed by atoms with Gasteiger partial charge in [-0.3, -0.25) is 9.59 Å². The van der Waals surface area contributed by atoms with Crippen LogP contribution >= 0.6 is 11.6 Å². The summed E-state index contributed by atoms with van der Waals surface area (Å²) in [4.78, 5) is 23.1. The number of rotatable bonds is 2. The third kappa shape index (κ3) is 3.01. The second-order valence-corrected chi connectivity index (χ2v) is 4.86. The Morgan fingerprint density at radius 2 is 2.00 bits per heavy atom. The van der Waals surface area contributed by atoms with Crippen molar-refractivity contribution in [1.29, 1.82) is 0 Å². The van der Waals surface area contributed by atoms with Gasteiger partial charge in [0.2, 0.25) is 0 Å². The van der Waals surface area contributed by atoms with Crippen molar-refractivity contribution in [2.45, 2.75) is 31.7 Å². The molecule has 96 valence electrons. The van der Waals surface area contributed by atoms with E-state index in [1.165, 1.54) is 18.2 Å². The van der Waals surface area contributed by atoms with E-state index in [1.54, 1.807) is 0 Å². The van der Waals surface area contributed by atoms with E-state index in [-0.39, 0.29) is 29.0 Å². The van der Waals surface area contributed by atoms with E-state index in [4.69, 9.17) is 11.6 Å². The van der Waals surface area contributed by atoms with Gasteiger partial charge in [-0.1, -0.05) is 11.6 Å². The molecule has 2 N–H and O–H groups in total. The van der Waals surface area contributed by atoms with Gasteiger partial charge in [-0.15, -0.1) is 0 Å². The van der Waals surface area contributed by atoms with Gasteiger partial charge >= 0.3 is 0 Å². The Bertz CT molecular complexity index is 477. The number of carbonyl (C=O) groups excluding carboxylic acids is 2. The van der Waals surface area contributed by atoms with Crippen molar-refractivity contribution >= 4 is 23.3 Å². The molecule has 1 aliphatic rings. The first-order chi connectivity index (χ1) is 8.56. The van der Waals surface area contributed by atoms with E-state index >= 15 is 0 Å². The number of halogens is 1. The number of carbonyl (C=O) groups is 2. The van der Waals surface area contributed by atoms with Gasteiger partial charge < -0.3 is 10.4 Å². The Labute approximate surface area is 110 Å². The maximum absolute atomic E-state index is 12.0. The number of nitrogens with one attached hydrogen (secondary N) is 1. The van der Waals surface area contributed by atoms with E-state index in [9.17, 15) is 14.7 Å². The topological polar surface area (TPSA) is 66.4 Å². The Morgan fingerprint density at radius 1 is 1.33 bits per heavy atom. The fraction of sp³-hybridized carbons (Fsp3) is 0.385. The molecule has 1 saturated carbocycles. The highest BCUT2D eigenvalue weighted by Crippen LogP contribution is 2.22. The minimum absolute atomic E-state index is 0.00312. The molecule has 0 spiro atoms. The van der Waals surface area contributed by atoms with Crippen LogP contribution < -0.4 is 5.32 Å². The zero-order valence-electron chi connectivity index (χ0n) is 9.78. The predicted molar refractivity (Wildman–Crippen MR) is 67.8 cm³/mol. The van der Waals surface area contributed by atoms with Crippen LogP contribution in [0.4, 0.5) is 0 Å². The van der Waals surface area contributed by atoms with Gasteiger partial charge in [0.25, 0.3) is 5.91 Å². The summed E-state index contributed by atoms with van der Waals surface area (Å²) in [7, 11) is 0. The number of amides is 1. The minimum Gasteiger partial charge on any atom is -0.508 e. The molecule has 0 saturated heterocycles. The van der Waals surface area contributed by atoms with Crippen LogP contribution in [-0.4, -0.2) is 22.8 Å². The largest absolute Gasteiger partial charge is 0.508 e. The third-order valence-electron chi connectivity index (χ3n) is 3.07. The summed E-state index contributed by atoms with van der Waals surface area (Å²) in [6, 6.07) is 4.26. The monoisotopic (exact) mass is 267 g/mol. The molecule has 1 fully saturated rings. The fourth-order valence-corrected chi connectivity index (χ4v) is 2.24. The molecule has 0 heterocycles. The molecule has 1 aliphatic carbocycles. The van der Waals surface area contributed by atoms with E-state index in [0.29, 0.717) is 30.7 Å². The molecule has 0 unspecified atom stereocenters. The maximum Gasteiger partial charge on any atom is 0.253 e. The summed E-state index contributed by atoms with van der Waals surface area (Å²) in [6.45, 7) is 0. The lowest BCUT2D eigenvalue weighted by Gasteiger charge is -2.22. The standard InChI is InChI=1S/C13H14ClNO3/c14-12-6-5-10(17)7-11(12)13(18)15-8-1-3-9(16)4-2-8/h5-8,17H,1-4H2,(H,15,18). The molecule has 5 heteroatoms. The highest BCUT2D eigenvalue weighted by molar-refractivity contribution is 6.33. The predicted octanol–water partition coefficient (Wildman–Crippen LogP) is 2.29. The number of hydrogen-bond acceptors (Lipinski definition) is 3. The molecule has 1 aromatic rings. The van der Waals surface area contributed by atoms with E-state index in [0.717, 1.165) is 0 Å². The van der Waals surface area contributed by atoms with Gasteiger partial charge in [0.1, 0.15) is 11.5 Å². The van der Waals surface area contributed by atoms with Crippen LogP contribution in [-0.2, 0) is 4.79 Å². The van der Waals surface area contributed by atoms with Gasteiger partial charge in [-0.2, -0.15) is 0 Å². The summed E-state index contributed by atoms with van der Waals surface area (Å²) in [6.07, 6.45) is 2.36. The lowest BCUT2D eigenvalue weighted by Crippen LogP contribution is -2.37. The van der Waals surface area contributed by atoms with Crippen molar-refractivity contribution in [3.8, 4) is 5.75 Å². The first kappa shape index (κ1) is 12.9. The average molecular weight is 268 g/mol. The molecule has 18 heavy (non-hydrogen) atoms. The molecule has 1 aromatic carbocycles. The maximum atomic E-state index is 12.0. The number of phenolic OH excluding ortho intramolecular Hbond substituents is 1. The van der Waals surface area contributed by atoms with Crippen molar-refractivity contribution in [3.05, 3.63) is 28.8 Å². The van der Waals surface area contributed by atoms with Crippen molar-refractivity contribution in [3.63, 3.8) is 0 Å². The highest BCUT2D eigenvalue weighted by Gasteiger charge is 2.21.